The van der Waals surface area contributed by atoms with Crippen LogP contribution >= 0.6 is 0 Å². The maximum Gasteiger partial charge on any atom is 0.218 e. The van der Waals surface area contributed by atoms with Crippen LogP contribution in [0.25, 0.3) is 11.0 Å². The van der Waals surface area contributed by atoms with Gasteiger partial charge < -0.3 is 4.98 Å². The second-order valence-corrected chi connectivity index (χ2v) is 8.52. The maximum absolute atomic E-state index is 12.6. The van der Waals surface area contributed by atoms with Gasteiger partial charge in [0, 0.05) is 19.0 Å². The van der Waals surface area contributed by atoms with Crippen molar-refractivity contribution in [2.45, 2.75) is 24.5 Å². The fraction of sp³-hybridized carbons (Fsp3) is 0.316. The van der Waals surface area contributed by atoms with E-state index in [1.165, 1.54) is 0 Å². The van der Waals surface area contributed by atoms with E-state index in [9.17, 15) is 8.42 Å². The molecule has 0 radical (unpaired) electrons. The number of nitrogens with one attached hydrogen (secondary N) is 1. The molecule has 1 aromatic heterocycles. The monoisotopic (exact) mass is 355 g/mol. The zero-order chi connectivity index (χ0) is 17.3. The Morgan fingerprint density at radius 3 is 2.40 bits per heavy atom. The van der Waals surface area contributed by atoms with Gasteiger partial charge in [0.2, 0.25) is 10.0 Å². The molecule has 0 saturated carbocycles. The first kappa shape index (κ1) is 16.3. The van der Waals surface area contributed by atoms with Gasteiger partial charge in [0.05, 0.1) is 16.8 Å². The number of aromatic amines is 1. The maximum atomic E-state index is 12.6. The van der Waals surface area contributed by atoms with E-state index >= 15 is 0 Å². The molecule has 6 heteroatoms. The fourth-order valence-electron chi connectivity index (χ4n) is 3.45. The highest BCUT2D eigenvalue weighted by Crippen LogP contribution is 2.29. The minimum atomic E-state index is -3.26. The summed E-state index contributed by atoms with van der Waals surface area (Å²) in [6, 6.07) is 17.3. The fourth-order valence-corrected chi connectivity index (χ4v) is 5.01. The van der Waals surface area contributed by atoms with Crippen LogP contribution in [0.15, 0.2) is 54.6 Å². The van der Waals surface area contributed by atoms with E-state index in [-0.39, 0.29) is 11.7 Å². The number of imidazole rings is 1. The highest BCUT2D eigenvalue weighted by atomic mass is 32.2. The van der Waals surface area contributed by atoms with E-state index in [1.807, 2.05) is 54.6 Å². The van der Waals surface area contributed by atoms with E-state index in [0.29, 0.717) is 13.1 Å². The number of sulfonamides is 1. The van der Waals surface area contributed by atoms with E-state index in [1.54, 1.807) is 4.31 Å². The third kappa shape index (κ3) is 3.45. The number of aromatic nitrogens is 2. The highest BCUT2D eigenvalue weighted by Gasteiger charge is 2.29. The van der Waals surface area contributed by atoms with Crippen LogP contribution in [0.1, 0.15) is 30.1 Å². The summed E-state index contributed by atoms with van der Waals surface area (Å²) in [6.07, 6.45) is 1.60. The molecule has 1 fully saturated rings. The molecule has 0 amide bonds. The molecule has 2 heterocycles. The average Bonchev–Trinajstić information content (AvgIpc) is 3.06. The third-order valence-electron chi connectivity index (χ3n) is 4.83. The summed E-state index contributed by atoms with van der Waals surface area (Å²) >= 11 is 0. The minimum absolute atomic E-state index is 0.0726. The Morgan fingerprint density at radius 1 is 1.00 bits per heavy atom. The van der Waals surface area contributed by atoms with Gasteiger partial charge in [0.15, 0.2) is 0 Å². The Labute approximate surface area is 147 Å². The number of benzene rings is 2. The van der Waals surface area contributed by atoms with Crippen LogP contribution in [0.2, 0.25) is 0 Å². The van der Waals surface area contributed by atoms with Gasteiger partial charge in [-0.25, -0.2) is 17.7 Å². The van der Waals surface area contributed by atoms with Crippen molar-refractivity contribution in [2.24, 2.45) is 0 Å². The standard InChI is InChI=1S/C19H21N3O2S/c23-25(24,14-15-6-2-1-3-7-15)22-12-10-16(11-13-22)19-20-17-8-4-5-9-18(17)21-19/h1-9,16H,10-14H2,(H,20,21). The molecule has 5 nitrogen and oxygen atoms in total. The summed E-state index contributed by atoms with van der Waals surface area (Å²) in [5.74, 6) is 1.33. The molecule has 4 rings (SSSR count). The summed E-state index contributed by atoms with van der Waals surface area (Å²) < 4.78 is 26.9. The second kappa shape index (κ2) is 6.61. The van der Waals surface area contributed by atoms with Crippen molar-refractivity contribution in [2.75, 3.05) is 13.1 Å². The molecule has 0 unspecified atom stereocenters. The number of fused-ring (bicyclic) bond motifs is 1. The lowest BCUT2D eigenvalue weighted by atomic mass is 9.97. The molecule has 2 aromatic carbocycles. The number of piperidine rings is 1. The van der Waals surface area contributed by atoms with Gasteiger partial charge in [-0.2, -0.15) is 0 Å². The molecule has 130 valence electrons. The van der Waals surface area contributed by atoms with Crippen molar-refractivity contribution in [3.63, 3.8) is 0 Å². The first-order valence-electron chi connectivity index (χ1n) is 8.58. The summed E-state index contributed by atoms with van der Waals surface area (Å²) in [5.41, 5.74) is 2.84. The molecule has 1 N–H and O–H groups in total. The Hall–Kier alpha value is -2.18. The number of rotatable bonds is 4. The smallest absolute Gasteiger partial charge is 0.218 e. The molecular formula is C19H21N3O2S. The van der Waals surface area contributed by atoms with Crippen molar-refractivity contribution in [1.82, 2.24) is 14.3 Å². The lowest BCUT2D eigenvalue weighted by Gasteiger charge is -2.30. The Morgan fingerprint density at radius 2 is 1.68 bits per heavy atom. The van der Waals surface area contributed by atoms with Crippen LogP contribution in [0.5, 0.6) is 0 Å². The number of hydrogen-bond acceptors (Lipinski definition) is 3. The molecule has 0 atom stereocenters. The summed E-state index contributed by atoms with van der Waals surface area (Å²) in [6.45, 7) is 1.10. The van der Waals surface area contributed by atoms with Crippen molar-refractivity contribution in [1.29, 1.82) is 0 Å². The SMILES string of the molecule is O=S(=O)(Cc1ccccc1)N1CCC(c2nc3ccccc3[nH]2)CC1. The Kier molecular flexibility index (Phi) is 4.31. The van der Waals surface area contributed by atoms with Gasteiger partial charge in [0.1, 0.15) is 5.82 Å². The lowest BCUT2D eigenvalue weighted by Crippen LogP contribution is -2.38. The van der Waals surface area contributed by atoms with Crippen LogP contribution in [0.3, 0.4) is 0 Å². The first-order chi connectivity index (χ1) is 12.1. The molecular weight excluding hydrogens is 334 g/mol. The van der Waals surface area contributed by atoms with Crippen molar-refractivity contribution in [3.8, 4) is 0 Å². The number of para-hydroxylation sites is 2. The predicted molar refractivity (Wildman–Crippen MR) is 98.7 cm³/mol. The lowest BCUT2D eigenvalue weighted by molar-refractivity contribution is 0.314. The summed E-state index contributed by atoms with van der Waals surface area (Å²) in [7, 11) is -3.26. The molecule has 0 spiro atoms. The van der Waals surface area contributed by atoms with Gasteiger partial charge in [-0.1, -0.05) is 42.5 Å². The first-order valence-corrected chi connectivity index (χ1v) is 10.2. The largest absolute Gasteiger partial charge is 0.342 e. The highest BCUT2D eigenvalue weighted by molar-refractivity contribution is 7.88. The summed E-state index contributed by atoms with van der Waals surface area (Å²) in [5, 5.41) is 0. The average molecular weight is 355 g/mol. The van der Waals surface area contributed by atoms with E-state index in [2.05, 4.69) is 9.97 Å². The van der Waals surface area contributed by atoms with Gasteiger partial charge >= 0.3 is 0 Å². The zero-order valence-electron chi connectivity index (χ0n) is 13.9. The van der Waals surface area contributed by atoms with E-state index in [0.717, 1.165) is 35.3 Å². The number of H-pyrrole nitrogens is 1. The van der Waals surface area contributed by atoms with Crippen molar-refractivity contribution < 1.29 is 8.42 Å². The zero-order valence-corrected chi connectivity index (χ0v) is 14.7. The molecule has 1 aliphatic rings. The quantitative estimate of drug-likeness (QED) is 0.781. The topological polar surface area (TPSA) is 66.1 Å². The van der Waals surface area contributed by atoms with Gasteiger partial charge in [-0.3, -0.25) is 0 Å². The number of hydrogen-bond donors (Lipinski definition) is 1. The van der Waals surface area contributed by atoms with Gasteiger partial charge in [0.25, 0.3) is 0 Å². The van der Waals surface area contributed by atoms with Crippen molar-refractivity contribution in [3.05, 3.63) is 66.0 Å². The van der Waals surface area contributed by atoms with E-state index in [4.69, 9.17) is 0 Å². The Bertz CT molecular complexity index is 926. The van der Waals surface area contributed by atoms with Crippen molar-refractivity contribution >= 4 is 21.1 Å². The molecule has 1 saturated heterocycles. The second-order valence-electron chi connectivity index (χ2n) is 6.55. The number of nitrogens with zero attached hydrogens (tertiary/aromatic N) is 2. The van der Waals surface area contributed by atoms with Crippen LogP contribution in [0, 0.1) is 0 Å². The van der Waals surface area contributed by atoms with Gasteiger partial charge in [-0.15, -0.1) is 0 Å². The Balaban J connectivity index is 1.44. The molecule has 1 aliphatic heterocycles. The normalized spacial score (nSPS) is 17.1. The van der Waals surface area contributed by atoms with Crippen LogP contribution in [-0.2, 0) is 15.8 Å². The third-order valence-corrected chi connectivity index (χ3v) is 6.68. The summed E-state index contributed by atoms with van der Waals surface area (Å²) in [4.78, 5) is 8.05. The molecule has 25 heavy (non-hydrogen) atoms. The van der Waals surface area contributed by atoms with Crippen LogP contribution in [-0.4, -0.2) is 35.8 Å². The van der Waals surface area contributed by atoms with E-state index < -0.39 is 10.0 Å². The van der Waals surface area contributed by atoms with Gasteiger partial charge in [-0.05, 0) is 30.5 Å². The molecule has 0 aliphatic carbocycles. The molecule has 0 bridgehead atoms. The van der Waals surface area contributed by atoms with Crippen LogP contribution in [0.4, 0.5) is 0 Å². The molecule has 3 aromatic rings. The van der Waals surface area contributed by atoms with Crippen LogP contribution < -0.4 is 0 Å². The minimum Gasteiger partial charge on any atom is -0.342 e. The predicted octanol–water partition coefficient (Wildman–Crippen LogP) is 3.27.